The largest absolute Gasteiger partial charge is 0.322 e. The molecule has 0 spiro atoms. The first-order valence-electron chi connectivity index (χ1n) is 6.82. The van der Waals surface area contributed by atoms with E-state index < -0.39 is 0 Å². The Morgan fingerprint density at radius 1 is 1.41 bits per heavy atom. The lowest BCUT2D eigenvalue weighted by atomic mass is 9.76. The van der Waals surface area contributed by atoms with Crippen LogP contribution in [0.2, 0.25) is 0 Å². The van der Waals surface area contributed by atoms with Crippen molar-refractivity contribution < 1.29 is 0 Å². The van der Waals surface area contributed by atoms with E-state index in [1.165, 1.54) is 38.5 Å². The van der Waals surface area contributed by atoms with E-state index in [0.717, 1.165) is 11.6 Å². The van der Waals surface area contributed by atoms with Crippen LogP contribution in [0.3, 0.4) is 0 Å². The highest BCUT2D eigenvalue weighted by Gasteiger charge is 2.27. The van der Waals surface area contributed by atoms with Crippen molar-refractivity contribution in [2.45, 2.75) is 51.5 Å². The zero-order chi connectivity index (χ0) is 12.3. The van der Waals surface area contributed by atoms with Gasteiger partial charge >= 0.3 is 0 Å². The van der Waals surface area contributed by atoms with Gasteiger partial charge in [0.05, 0.1) is 17.9 Å². The summed E-state index contributed by atoms with van der Waals surface area (Å²) >= 11 is 0. The highest BCUT2D eigenvalue weighted by Crippen LogP contribution is 2.36. The molecule has 2 N–H and O–H groups in total. The third kappa shape index (κ3) is 2.86. The van der Waals surface area contributed by atoms with Gasteiger partial charge in [-0.05, 0) is 24.7 Å². The second-order valence-electron chi connectivity index (χ2n) is 5.38. The molecule has 4 nitrogen and oxygen atoms in total. The number of nitrogens with two attached hydrogens (primary N) is 1. The summed E-state index contributed by atoms with van der Waals surface area (Å²) in [5, 5.41) is 7.88. The first kappa shape index (κ1) is 12.6. The van der Waals surface area contributed by atoms with Crippen LogP contribution in [-0.2, 0) is 7.05 Å². The number of hydrogen-bond acceptors (Lipinski definition) is 3. The lowest BCUT2D eigenvalue weighted by Gasteiger charge is -2.31. The molecule has 0 radical (unpaired) electrons. The van der Waals surface area contributed by atoms with Gasteiger partial charge in [-0.1, -0.05) is 37.8 Å². The van der Waals surface area contributed by atoms with E-state index in [9.17, 15) is 0 Å². The van der Waals surface area contributed by atoms with Crippen molar-refractivity contribution in [2.75, 3.05) is 0 Å². The predicted octanol–water partition coefficient (Wildman–Crippen LogP) is 2.42. The predicted molar refractivity (Wildman–Crippen MR) is 68.3 cm³/mol. The highest BCUT2D eigenvalue weighted by atomic mass is 15.4. The molecule has 1 aliphatic carbocycles. The maximum atomic E-state index is 6.33. The van der Waals surface area contributed by atoms with E-state index in [0.29, 0.717) is 5.92 Å². The van der Waals surface area contributed by atoms with Crippen molar-refractivity contribution in [1.29, 1.82) is 0 Å². The summed E-state index contributed by atoms with van der Waals surface area (Å²) in [5.74, 6) is 1.55. The van der Waals surface area contributed by atoms with E-state index in [1.54, 1.807) is 0 Å². The highest BCUT2D eigenvalue weighted by molar-refractivity contribution is 5.03. The fraction of sp³-hybridized carbons (Fsp3) is 0.846. The van der Waals surface area contributed by atoms with Crippen LogP contribution in [0.5, 0.6) is 0 Å². The van der Waals surface area contributed by atoms with E-state index in [2.05, 4.69) is 17.2 Å². The summed E-state index contributed by atoms with van der Waals surface area (Å²) in [7, 11) is 1.92. The molecular formula is C13H24N4. The molecule has 0 bridgehead atoms. The van der Waals surface area contributed by atoms with E-state index in [-0.39, 0.29) is 6.04 Å². The molecule has 1 fully saturated rings. The summed E-state index contributed by atoms with van der Waals surface area (Å²) in [6.45, 7) is 2.28. The lowest BCUT2D eigenvalue weighted by molar-refractivity contribution is 0.230. The second-order valence-corrected chi connectivity index (χ2v) is 5.38. The zero-order valence-electron chi connectivity index (χ0n) is 11.0. The van der Waals surface area contributed by atoms with Crippen molar-refractivity contribution in [3.05, 3.63) is 11.9 Å². The van der Waals surface area contributed by atoms with Crippen molar-refractivity contribution in [3.8, 4) is 0 Å². The Balaban J connectivity index is 1.90. The van der Waals surface area contributed by atoms with Crippen LogP contribution in [-0.4, -0.2) is 15.0 Å². The second kappa shape index (κ2) is 5.63. The van der Waals surface area contributed by atoms with E-state index in [1.807, 2.05) is 17.9 Å². The van der Waals surface area contributed by atoms with Gasteiger partial charge in [-0.3, -0.25) is 4.68 Å². The Bertz CT molecular complexity index is 339. The molecule has 4 heteroatoms. The van der Waals surface area contributed by atoms with E-state index in [4.69, 9.17) is 5.73 Å². The van der Waals surface area contributed by atoms with Gasteiger partial charge in [-0.25, -0.2) is 0 Å². The van der Waals surface area contributed by atoms with Gasteiger partial charge in [0.1, 0.15) is 0 Å². The summed E-state index contributed by atoms with van der Waals surface area (Å²) in [5.41, 5.74) is 7.41. The lowest BCUT2D eigenvalue weighted by Crippen LogP contribution is -2.27. The third-order valence-corrected chi connectivity index (χ3v) is 4.19. The summed E-state index contributed by atoms with van der Waals surface area (Å²) in [6.07, 6.45) is 9.72. The summed E-state index contributed by atoms with van der Waals surface area (Å²) in [6, 6.07) is 0.109. The van der Waals surface area contributed by atoms with Gasteiger partial charge in [0, 0.05) is 7.05 Å². The van der Waals surface area contributed by atoms with Crippen molar-refractivity contribution in [3.63, 3.8) is 0 Å². The fourth-order valence-corrected chi connectivity index (χ4v) is 3.09. The number of nitrogens with zero attached hydrogens (tertiary/aromatic N) is 3. The number of aromatic nitrogens is 3. The molecule has 0 aromatic carbocycles. The average molecular weight is 236 g/mol. The average Bonchev–Trinajstić information content (AvgIpc) is 2.76. The molecule has 1 saturated carbocycles. The van der Waals surface area contributed by atoms with Gasteiger partial charge in [0.25, 0.3) is 0 Å². The normalized spacial score (nSPS) is 27.0. The molecule has 1 unspecified atom stereocenters. The van der Waals surface area contributed by atoms with Gasteiger partial charge in [-0.15, -0.1) is 5.10 Å². The standard InChI is InChI=1S/C13H24N4/c1-3-4-10-5-7-11(8-6-10)13(14)12-9-15-16-17(12)2/h9-11,13H,3-8,14H2,1-2H3. The molecule has 1 aromatic rings. The quantitative estimate of drug-likeness (QED) is 0.873. The minimum Gasteiger partial charge on any atom is -0.322 e. The van der Waals surface area contributed by atoms with Gasteiger partial charge in [0.15, 0.2) is 0 Å². The van der Waals surface area contributed by atoms with Crippen molar-refractivity contribution in [1.82, 2.24) is 15.0 Å². The molecule has 1 heterocycles. The van der Waals surface area contributed by atoms with E-state index >= 15 is 0 Å². The SMILES string of the molecule is CCCC1CCC(C(N)c2cnnn2C)CC1. The third-order valence-electron chi connectivity index (χ3n) is 4.19. The molecule has 1 aromatic heterocycles. The minimum absolute atomic E-state index is 0.109. The smallest absolute Gasteiger partial charge is 0.0753 e. The topological polar surface area (TPSA) is 56.7 Å². The van der Waals surface area contributed by atoms with Gasteiger partial charge < -0.3 is 5.73 Å². The van der Waals surface area contributed by atoms with Crippen LogP contribution in [0.15, 0.2) is 6.20 Å². The fourth-order valence-electron chi connectivity index (χ4n) is 3.09. The Hall–Kier alpha value is -0.900. The molecule has 2 rings (SSSR count). The Kier molecular flexibility index (Phi) is 4.15. The molecule has 0 saturated heterocycles. The van der Waals surface area contributed by atoms with Gasteiger partial charge in [-0.2, -0.15) is 0 Å². The Morgan fingerprint density at radius 2 is 2.12 bits per heavy atom. The summed E-state index contributed by atoms with van der Waals surface area (Å²) < 4.78 is 1.81. The number of aryl methyl sites for hydroxylation is 1. The molecule has 0 amide bonds. The molecule has 0 aliphatic heterocycles. The number of hydrogen-bond donors (Lipinski definition) is 1. The Labute approximate surface area is 104 Å². The minimum atomic E-state index is 0.109. The van der Waals surface area contributed by atoms with Crippen molar-refractivity contribution in [2.24, 2.45) is 24.6 Å². The molecule has 17 heavy (non-hydrogen) atoms. The summed E-state index contributed by atoms with van der Waals surface area (Å²) in [4.78, 5) is 0. The van der Waals surface area contributed by atoms with Crippen LogP contribution in [0.4, 0.5) is 0 Å². The zero-order valence-corrected chi connectivity index (χ0v) is 11.0. The number of rotatable bonds is 4. The van der Waals surface area contributed by atoms with Crippen molar-refractivity contribution >= 4 is 0 Å². The first-order chi connectivity index (χ1) is 8.22. The molecule has 1 aliphatic rings. The maximum Gasteiger partial charge on any atom is 0.0753 e. The van der Waals surface area contributed by atoms with Crippen LogP contribution in [0.1, 0.15) is 57.2 Å². The van der Waals surface area contributed by atoms with Crippen LogP contribution in [0.25, 0.3) is 0 Å². The monoisotopic (exact) mass is 236 g/mol. The Morgan fingerprint density at radius 3 is 2.65 bits per heavy atom. The molecule has 1 atom stereocenters. The first-order valence-corrected chi connectivity index (χ1v) is 6.82. The maximum absolute atomic E-state index is 6.33. The molecular weight excluding hydrogens is 212 g/mol. The van der Waals surface area contributed by atoms with Gasteiger partial charge in [0.2, 0.25) is 0 Å². The molecule has 96 valence electrons. The van der Waals surface area contributed by atoms with Crippen LogP contribution in [0, 0.1) is 11.8 Å². The van der Waals surface area contributed by atoms with Crippen LogP contribution < -0.4 is 5.73 Å². The van der Waals surface area contributed by atoms with Crippen LogP contribution >= 0.6 is 0 Å².